The first kappa shape index (κ1) is 28.2. The Morgan fingerprint density at radius 3 is 2.28 bits per heavy atom. The molecule has 2 fully saturated rings. The van der Waals surface area contributed by atoms with Crippen LogP contribution >= 0.6 is 11.3 Å². The van der Waals surface area contributed by atoms with E-state index in [2.05, 4.69) is 23.7 Å². The fourth-order valence-corrected chi connectivity index (χ4v) is 5.72. The molecule has 2 aliphatic rings. The molecule has 2 heterocycles. The molecule has 1 saturated heterocycles. The highest BCUT2D eigenvalue weighted by molar-refractivity contribution is 7.15. The Morgan fingerprint density at radius 1 is 1.14 bits per heavy atom. The van der Waals surface area contributed by atoms with Crippen molar-refractivity contribution in [2.45, 2.75) is 72.8 Å². The maximum atomic E-state index is 14.1. The number of thiophene rings is 1. The summed E-state index contributed by atoms with van der Waals surface area (Å²) in [4.78, 5) is 46.4. The van der Waals surface area contributed by atoms with Gasteiger partial charge < -0.3 is 14.9 Å². The normalized spacial score (nSPS) is 21.9. The van der Waals surface area contributed by atoms with Gasteiger partial charge in [-0.25, -0.2) is 4.79 Å². The SMILES string of the molecule is CC[C@@H](C(=O)N1CCN(C)CC1)N(c1cc(C#CC(C)(C)C)sc1C(=O)O)C(=O)[C@H]1CC[C@H](C)CC1. The second-order valence-electron chi connectivity index (χ2n) is 11.3. The zero-order valence-corrected chi connectivity index (χ0v) is 23.4. The van der Waals surface area contributed by atoms with Crippen LogP contribution in [0.5, 0.6) is 0 Å². The summed E-state index contributed by atoms with van der Waals surface area (Å²) >= 11 is 1.08. The summed E-state index contributed by atoms with van der Waals surface area (Å²) in [5, 5.41) is 10.1. The minimum Gasteiger partial charge on any atom is -0.477 e. The summed E-state index contributed by atoms with van der Waals surface area (Å²) in [7, 11) is 2.03. The highest BCUT2D eigenvalue weighted by Crippen LogP contribution is 2.37. The van der Waals surface area contributed by atoms with Crippen molar-refractivity contribution in [3.8, 4) is 11.8 Å². The Labute approximate surface area is 219 Å². The molecule has 1 aliphatic heterocycles. The van der Waals surface area contributed by atoms with Crippen LogP contribution in [-0.2, 0) is 9.59 Å². The Balaban J connectivity index is 2.06. The summed E-state index contributed by atoms with van der Waals surface area (Å²) < 4.78 is 0. The number of hydrogen-bond acceptors (Lipinski definition) is 5. The molecule has 1 N–H and O–H groups in total. The summed E-state index contributed by atoms with van der Waals surface area (Å²) in [5.41, 5.74) is 0.0641. The molecule has 1 aliphatic carbocycles. The molecule has 0 spiro atoms. The Hall–Kier alpha value is -2.37. The summed E-state index contributed by atoms with van der Waals surface area (Å²) in [5.74, 6) is 5.29. The van der Waals surface area contributed by atoms with Gasteiger partial charge >= 0.3 is 5.97 Å². The van der Waals surface area contributed by atoms with E-state index in [9.17, 15) is 19.5 Å². The van der Waals surface area contributed by atoms with Gasteiger partial charge in [-0.05, 0) is 71.9 Å². The second kappa shape index (κ2) is 11.8. The third-order valence-electron chi connectivity index (χ3n) is 7.13. The highest BCUT2D eigenvalue weighted by Gasteiger charge is 2.39. The van der Waals surface area contributed by atoms with Gasteiger partial charge in [-0.3, -0.25) is 14.5 Å². The van der Waals surface area contributed by atoms with E-state index < -0.39 is 12.0 Å². The molecule has 1 saturated carbocycles. The zero-order valence-electron chi connectivity index (χ0n) is 22.6. The number of carboxylic acid groups (broad SMARTS) is 1. The third kappa shape index (κ3) is 6.89. The molecule has 1 aromatic rings. The van der Waals surface area contributed by atoms with E-state index in [4.69, 9.17) is 0 Å². The molecular formula is C28H41N3O4S. The van der Waals surface area contributed by atoms with Crippen LogP contribution in [0.15, 0.2) is 6.07 Å². The molecule has 1 aromatic heterocycles. The first-order chi connectivity index (χ1) is 16.9. The van der Waals surface area contributed by atoms with Crippen LogP contribution in [0, 0.1) is 29.1 Å². The van der Waals surface area contributed by atoms with Gasteiger partial charge in [0.25, 0.3) is 0 Å². The largest absolute Gasteiger partial charge is 0.477 e. The molecule has 0 unspecified atom stereocenters. The number of piperazine rings is 1. The van der Waals surface area contributed by atoms with Crippen LogP contribution in [-0.4, -0.2) is 72.0 Å². The minimum atomic E-state index is -1.10. The molecule has 198 valence electrons. The van der Waals surface area contributed by atoms with Gasteiger partial charge in [0.05, 0.1) is 10.6 Å². The first-order valence-electron chi connectivity index (χ1n) is 13.1. The standard InChI is InChI=1S/C28H41N3O4S/c1-7-22(26(33)30-16-14-29(6)15-17-30)31(25(32)20-10-8-19(2)9-11-20)23-18-21(12-13-28(3,4)5)36-24(23)27(34)35/h18-20,22H,7-11,14-17H2,1-6H3,(H,34,35)/t19-,20-,22-/m0/s1. The van der Waals surface area contributed by atoms with E-state index in [1.54, 1.807) is 6.07 Å². The molecule has 0 aromatic carbocycles. The number of rotatable bonds is 6. The summed E-state index contributed by atoms with van der Waals surface area (Å²) in [6.45, 7) is 12.8. The fourth-order valence-electron chi connectivity index (χ4n) is 4.87. The van der Waals surface area contributed by atoms with Crippen LogP contribution in [0.4, 0.5) is 5.69 Å². The number of carbonyl (C=O) groups excluding carboxylic acids is 2. The van der Waals surface area contributed by atoms with Crippen molar-refractivity contribution in [3.05, 3.63) is 15.8 Å². The predicted molar refractivity (Wildman–Crippen MR) is 144 cm³/mol. The van der Waals surface area contributed by atoms with Gasteiger partial charge in [0.1, 0.15) is 10.9 Å². The Kier molecular flexibility index (Phi) is 9.23. The van der Waals surface area contributed by atoms with Crippen molar-refractivity contribution in [1.82, 2.24) is 9.80 Å². The second-order valence-corrected chi connectivity index (χ2v) is 12.4. The summed E-state index contributed by atoms with van der Waals surface area (Å²) in [6.07, 6.45) is 3.87. The van der Waals surface area contributed by atoms with E-state index in [-0.39, 0.29) is 28.0 Å². The van der Waals surface area contributed by atoms with Gasteiger partial charge in [-0.2, -0.15) is 0 Å². The van der Waals surface area contributed by atoms with Crippen molar-refractivity contribution in [1.29, 1.82) is 0 Å². The van der Waals surface area contributed by atoms with E-state index in [0.717, 1.165) is 50.1 Å². The van der Waals surface area contributed by atoms with Gasteiger partial charge in [-0.1, -0.05) is 25.7 Å². The number of nitrogens with zero attached hydrogens (tertiary/aromatic N) is 3. The molecule has 8 heteroatoms. The Morgan fingerprint density at radius 2 is 1.75 bits per heavy atom. The van der Waals surface area contributed by atoms with E-state index in [1.165, 1.54) is 4.90 Å². The average molecular weight is 516 g/mol. The zero-order chi connectivity index (χ0) is 26.6. The maximum Gasteiger partial charge on any atom is 0.348 e. The fraction of sp³-hybridized carbons (Fsp3) is 0.679. The van der Waals surface area contributed by atoms with E-state index in [1.807, 2.05) is 39.6 Å². The predicted octanol–water partition coefficient (Wildman–Crippen LogP) is 4.56. The number of carbonyl (C=O) groups is 3. The lowest BCUT2D eigenvalue weighted by Gasteiger charge is -2.39. The molecule has 2 amide bonds. The molecule has 1 atom stereocenters. The number of anilines is 1. The van der Waals surface area contributed by atoms with Gasteiger partial charge in [0, 0.05) is 37.5 Å². The Bertz CT molecular complexity index is 1020. The highest BCUT2D eigenvalue weighted by atomic mass is 32.1. The first-order valence-corrected chi connectivity index (χ1v) is 13.9. The van der Waals surface area contributed by atoms with Gasteiger partial charge in [0.15, 0.2) is 0 Å². The molecule has 3 rings (SSSR count). The van der Waals surface area contributed by atoms with E-state index >= 15 is 0 Å². The lowest BCUT2D eigenvalue weighted by molar-refractivity contribution is -0.137. The third-order valence-corrected chi connectivity index (χ3v) is 8.16. The minimum absolute atomic E-state index is 0.0652. The van der Waals surface area contributed by atoms with Crippen LogP contribution in [0.2, 0.25) is 0 Å². The van der Waals surface area contributed by atoms with E-state index in [0.29, 0.717) is 36.0 Å². The molecule has 7 nitrogen and oxygen atoms in total. The monoisotopic (exact) mass is 515 g/mol. The maximum absolute atomic E-state index is 14.1. The van der Waals surface area contributed by atoms with Crippen molar-refractivity contribution >= 4 is 34.8 Å². The van der Waals surface area contributed by atoms with Crippen LogP contribution < -0.4 is 4.90 Å². The number of amides is 2. The quantitative estimate of drug-likeness (QED) is 0.562. The molecular weight excluding hydrogens is 474 g/mol. The van der Waals surface area contributed by atoms with Crippen LogP contribution in [0.3, 0.4) is 0 Å². The van der Waals surface area contributed by atoms with Gasteiger partial charge in [-0.15, -0.1) is 11.3 Å². The molecule has 0 radical (unpaired) electrons. The van der Waals surface area contributed by atoms with Crippen LogP contribution in [0.1, 0.15) is 81.3 Å². The van der Waals surface area contributed by atoms with Crippen molar-refractivity contribution in [2.75, 3.05) is 38.1 Å². The smallest absolute Gasteiger partial charge is 0.348 e. The topological polar surface area (TPSA) is 81.2 Å². The number of aromatic carboxylic acids is 1. The van der Waals surface area contributed by atoms with Gasteiger partial charge in [0.2, 0.25) is 11.8 Å². The van der Waals surface area contributed by atoms with Crippen LogP contribution in [0.25, 0.3) is 0 Å². The van der Waals surface area contributed by atoms with Crippen molar-refractivity contribution in [2.24, 2.45) is 17.3 Å². The number of carboxylic acids is 1. The lowest BCUT2D eigenvalue weighted by Crippen LogP contribution is -2.56. The van der Waals surface area contributed by atoms with Crippen molar-refractivity contribution in [3.63, 3.8) is 0 Å². The molecule has 0 bridgehead atoms. The number of likely N-dealkylation sites (N-methyl/N-ethyl adjacent to an activating group) is 1. The molecule has 36 heavy (non-hydrogen) atoms. The van der Waals surface area contributed by atoms with Crippen molar-refractivity contribution < 1.29 is 19.5 Å². The summed E-state index contributed by atoms with van der Waals surface area (Å²) in [6, 6.07) is 0.965. The average Bonchev–Trinajstić information content (AvgIpc) is 3.25. The lowest BCUT2D eigenvalue weighted by atomic mass is 9.82. The number of hydrogen-bond donors (Lipinski definition) is 1.